The molecule has 2 rings (SSSR count). The Morgan fingerprint density at radius 3 is 2.46 bits per heavy atom. The number of ether oxygens (including phenoxy) is 1. The Morgan fingerprint density at radius 2 is 1.75 bits per heavy atom. The van der Waals surface area contributed by atoms with Crippen LogP contribution in [0.25, 0.3) is 0 Å². The molecule has 0 bridgehead atoms. The Morgan fingerprint density at radius 1 is 1.08 bits per heavy atom. The van der Waals surface area contributed by atoms with E-state index in [-0.39, 0.29) is 25.1 Å². The second-order valence-electron chi connectivity index (χ2n) is 4.97. The molecule has 2 aromatic rings. The molecule has 0 aliphatic rings. The van der Waals surface area contributed by atoms with Crippen LogP contribution < -0.4 is 10.1 Å². The van der Waals surface area contributed by atoms with Gasteiger partial charge in [0.25, 0.3) is 5.91 Å². The molecule has 128 valence electrons. The Labute approximate surface area is 142 Å². The summed E-state index contributed by atoms with van der Waals surface area (Å²) in [7, 11) is 0. The Kier molecular flexibility index (Phi) is 6.09. The van der Waals surface area contributed by atoms with Gasteiger partial charge in [-0.2, -0.15) is 13.2 Å². The van der Waals surface area contributed by atoms with Gasteiger partial charge >= 0.3 is 6.18 Å². The van der Waals surface area contributed by atoms with Crippen LogP contribution in [-0.2, 0) is 17.4 Å². The minimum atomic E-state index is -4.41. The fourth-order valence-electron chi connectivity index (χ4n) is 2.11. The zero-order valence-electron chi connectivity index (χ0n) is 12.6. The zero-order chi connectivity index (χ0) is 17.6. The van der Waals surface area contributed by atoms with Crippen molar-refractivity contribution in [3.63, 3.8) is 0 Å². The van der Waals surface area contributed by atoms with E-state index in [9.17, 15) is 18.0 Å². The largest absolute Gasteiger partial charge is 0.482 e. The molecular formula is C17H15ClF3NO2. The summed E-state index contributed by atoms with van der Waals surface area (Å²) >= 11 is 5.89. The molecule has 2 aromatic carbocycles. The maximum Gasteiger partial charge on any atom is 0.416 e. The molecule has 0 aliphatic carbocycles. The van der Waals surface area contributed by atoms with Crippen LogP contribution in [0.2, 0.25) is 5.02 Å². The van der Waals surface area contributed by atoms with Gasteiger partial charge in [-0.1, -0.05) is 41.9 Å². The summed E-state index contributed by atoms with van der Waals surface area (Å²) in [5.74, 6) is -0.0591. The number of carbonyl (C=O) groups is 1. The summed E-state index contributed by atoms with van der Waals surface area (Å²) < 4.78 is 43.8. The van der Waals surface area contributed by atoms with Gasteiger partial charge in [-0.25, -0.2) is 0 Å². The molecule has 24 heavy (non-hydrogen) atoms. The maximum atomic E-state index is 12.9. The summed E-state index contributed by atoms with van der Waals surface area (Å²) in [5.41, 5.74) is -0.552. The van der Waals surface area contributed by atoms with Gasteiger partial charge in [0.1, 0.15) is 5.75 Å². The third-order valence-corrected chi connectivity index (χ3v) is 3.55. The molecule has 0 aromatic heterocycles. The molecule has 0 atom stereocenters. The Bertz CT molecular complexity index is 704. The van der Waals surface area contributed by atoms with E-state index in [0.29, 0.717) is 10.8 Å². The number of nitrogens with one attached hydrogen (secondary N) is 1. The minimum Gasteiger partial charge on any atom is -0.482 e. The number of amides is 1. The van der Waals surface area contributed by atoms with Crippen LogP contribution in [0.15, 0.2) is 48.5 Å². The number of hydrogen-bond acceptors (Lipinski definition) is 2. The van der Waals surface area contributed by atoms with Crippen LogP contribution in [0.1, 0.15) is 11.1 Å². The van der Waals surface area contributed by atoms with E-state index in [1.54, 1.807) is 24.3 Å². The lowest BCUT2D eigenvalue weighted by Gasteiger charge is -2.13. The molecule has 0 saturated carbocycles. The first-order chi connectivity index (χ1) is 11.4. The molecular weight excluding hydrogens is 343 g/mol. The number of halogens is 4. The van der Waals surface area contributed by atoms with Crippen LogP contribution >= 0.6 is 11.6 Å². The smallest absolute Gasteiger partial charge is 0.416 e. The molecule has 0 saturated heterocycles. The van der Waals surface area contributed by atoms with Crippen molar-refractivity contribution in [3.8, 4) is 5.75 Å². The third-order valence-electron chi connectivity index (χ3n) is 3.23. The fraction of sp³-hybridized carbons (Fsp3) is 0.235. The van der Waals surface area contributed by atoms with Gasteiger partial charge in [-0.3, -0.25) is 4.79 Å². The molecule has 0 spiro atoms. The van der Waals surface area contributed by atoms with Crippen molar-refractivity contribution in [3.05, 3.63) is 64.7 Å². The molecule has 0 fully saturated rings. The lowest BCUT2D eigenvalue weighted by molar-refractivity contribution is -0.138. The van der Waals surface area contributed by atoms with Gasteiger partial charge in [0.2, 0.25) is 0 Å². The van der Waals surface area contributed by atoms with Crippen LogP contribution in [0.4, 0.5) is 13.2 Å². The highest BCUT2D eigenvalue weighted by atomic mass is 35.5. The van der Waals surface area contributed by atoms with E-state index < -0.39 is 17.6 Å². The van der Waals surface area contributed by atoms with Gasteiger partial charge in [0, 0.05) is 6.54 Å². The van der Waals surface area contributed by atoms with E-state index in [4.69, 9.17) is 16.3 Å². The normalized spacial score (nSPS) is 11.2. The predicted octanol–water partition coefficient (Wildman–Crippen LogP) is 4.10. The monoisotopic (exact) mass is 357 g/mol. The highest BCUT2D eigenvalue weighted by molar-refractivity contribution is 6.32. The minimum absolute atomic E-state index is 0.0769. The first-order valence-electron chi connectivity index (χ1n) is 7.17. The average molecular weight is 358 g/mol. The molecule has 1 amide bonds. The van der Waals surface area contributed by atoms with E-state index in [0.717, 1.165) is 6.07 Å². The molecule has 0 aliphatic heterocycles. The lowest BCUT2D eigenvalue weighted by atomic mass is 10.0. The van der Waals surface area contributed by atoms with Gasteiger partial charge in [0.05, 0.1) is 10.6 Å². The third kappa shape index (κ3) is 5.16. The Hall–Kier alpha value is -2.21. The molecule has 3 nitrogen and oxygen atoms in total. The van der Waals surface area contributed by atoms with Gasteiger partial charge < -0.3 is 10.1 Å². The second kappa shape index (κ2) is 8.06. The second-order valence-corrected chi connectivity index (χ2v) is 5.38. The van der Waals surface area contributed by atoms with Crippen LogP contribution in [0, 0.1) is 0 Å². The highest BCUT2D eigenvalue weighted by Crippen LogP contribution is 2.31. The quantitative estimate of drug-likeness (QED) is 0.845. The van der Waals surface area contributed by atoms with E-state index >= 15 is 0 Å². The molecule has 0 heterocycles. The predicted molar refractivity (Wildman–Crippen MR) is 85.1 cm³/mol. The van der Waals surface area contributed by atoms with Crippen molar-refractivity contribution >= 4 is 17.5 Å². The first kappa shape index (κ1) is 18.1. The summed E-state index contributed by atoms with van der Waals surface area (Å²) in [6.45, 7) is -0.178. The van der Waals surface area contributed by atoms with Crippen molar-refractivity contribution in [1.82, 2.24) is 5.32 Å². The van der Waals surface area contributed by atoms with Gasteiger partial charge in [-0.05, 0) is 30.2 Å². The number of carbonyl (C=O) groups excluding carboxylic acids is 1. The highest BCUT2D eigenvalue weighted by Gasteiger charge is 2.32. The van der Waals surface area contributed by atoms with Crippen LogP contribution in [-0.4, -0.2) is 19.1 Å². The van der Waals surface area contributed by atoms with E-state index in [1.807, 2.05) is 0 Å². The SMILES string of the molecule is O=C(COc1ccccc1Cl)NCCc1ccccc1C(F)(F)F. The summed E-state index contributed by atoms with van der Waals surface area (Å²) in [6.07, 6.45) is -4.33. The molecule has 1 N–H and O–H groups in total. The molecule has 0 unspecified atom stereocenters. The van der Waals surface area contributed by atoms with Gasteiger partial charge in [0.15, 0.2) is 6.61 Å². The summed E-state index contributed by atoms with van der Waals surface area (Å²) in [4.78, 5) is 11.7. The first-order valence-corrected chi connectivity index (χ1v) is 7.55. The van der Waals surface area contributed by atoms with Crippen molar-refractivity contribution in [2.24, 2.45) is 0 Å². The fourth-order valence-corrected chi connectivity index (χ4v) is 2.30. The summed E-state index contributed by atoms with van der Waals surface area (Å²) in [5, 5.41) is 2.90. The van der Waals surface area contributed by atoms with Crippen molar-refractivity contribution < 1.29 is 22.7 Å². The number of alkyl halides is 3. The topological polar surface area (TPSA) is 38.3 Å². The zero-order valence-corrected chi connectivity index (χ0v) is 13.3. The van der Waals surface area contributed by atoms with Crippen LogP contribution in [0.5, 0.6) is 5.75 Å². The van der Waals surface area contributed by atoms with Crippen molar-refractivity contribution in [1.29, 1.82) is 0 Å². The summed E-state index contributed by atoms with van der Waals surface area (Å²) in [6, 6.07) is 12.0. The lowest BCUT2D eigenvalue weighted by Crippen LogP contribution is -2.31. The molecule has 0 radical (unpaired) electrons. The van der Waals surface area contributed by atoms with Crippen LogP contribution in [0.3, 0.4) is 0 Å². The van der Waals surface area contributed by atoms with E-state index in [2.05, 4.69) is 5.32 Å². The van der Waals surface area contributed by atoms with Crippen molar-refractivity contribution in [2.75, 3.05) is 13.2 Å². The van der Waals surface area contributed by atoms with Gasteiger partial charge in [-0.15, -0.1) is 0 Å². The number of hydrogen-bond donors (Lipinski definition) is 1. The Balaban J connectivity index is 1.82. The van der Waals surface area contributed by atoms with E-state index in [1.165, 1.54) is 18.2 Å². The maximum absolute atomic E-state index is 12.9. The number of para-hydroxylation sites is 1. The average Bonchev–Trinajstić information content (AvgIpc) is 2.53. The van der Waals surface area contributed by atoms with Crippen molar-refractivity contribution in [2.45, 2.75) is 12.6 Å². The standard InChI is InChI=1S/C17H15ClF3NO2/c18-14-7-3-4-8-15(14)24-11-16(23)22-10-9-12-5-1-2-6-13(12)17(19,20)21/h1-8H,9-11H2,(H,22,23). The molecule has 7 heteroatoms. The number of benzene rings is 2. The number of rotatable bonds is 6.